The van der Waals surface area contributed by atoms with Crippen molar-refractivity contribution in [3.8, 4) is 0 Å². The summed E-state index contributed by atoms with van der Waals surface area (Å²) in [6, 6.07) is 10.9. The molecular weight excluding hydrogens is 347 g/mol. The quantitative estimate of drug-likeness (QED) is 0.703. The molecule has 0 aliphatic heterocycles. The van der Waals surface area contributed by atoms with E-state index in [-0.39, 0.29) is 16.5 Å². The summed E-state index contributed by atoms with van der Waals surface area (Å²) in [4.78, 5) is 11.9. The fourth-order valence-electron chi connectivity index (χ4n) is 2.05. The molecule has 8 heteroatoms. The van der Waals surface area contributed by atoms with E-state index in [2.05, 4.69) is 10.0 Å². The molecule has 0 aromatic heterocycles. The Morgan fingerprint density at radius 3 is 2.44 bits per heavy atom. The Labute approximate surface area is 146 Å². The Morgan fingerprint density at radius 2 is 1.80 bits per heavy atom. The molecule has 2 rings (SSSR count). The normalized spacial score (nSPS) is 11.1. The maximum atomic E-state index is 13.6. The minimum atomic E-state index is -3.94. The summed E-state index contributed by atoms with van der Waals surface area (Å²) in [5.74, 6) is -0.972. The van der Waals surface area contributed by atoms with E-state index in [0.717, 1.165) is 6.07 Å². The van der Waals surface area contributed by atoms with Gasteiger partial charge in [-0.05, 0) is 42.8 Å². The van der Waals surface area contributed by atoms with Crippen molar-refractivity contribution in [3.05, 3.63) is 59.9 Å². The van der Waals surface area contributed by atoms with E-state index in [9.17, 15) is 17.6 Å². The van der Waals surface area contributed by atoms with Crippen LogP contribution in [0.2, 0.25) is 0 Å². The smallest absolute Gasteiger partial charge is 0.261 e. The average molecular weight is 366 g/mol. The highest BCUT2D eigenvalue weighted by atomic mass is 32.2. The third kappa shape index (κ3) is 5.27. The predicted molar refractivity (Wildman–Crippen MR) is 92.5 cm³/mol. The third-order valence-corrected chi connectivity index (χ3v) is 4.74. The van der Waals surface area contributed by atoms with Gasteiger partial charge in [-0.15, -0.1) is 0 Å². The second kappa shape index (κ2) is 8.59. The van der Waals surface area contributed by atoms with Gasteiger partial charge in [0.05, 0.1) is 10.6 Å². The van der Waals surface area contributed by atoms with Crippen LogP contribution in [0.3, 0.4) is 0 Å². The van der Waals surface area contributed by atoms with Crippen LogP contribution >= 0.6 is 0 Å². The first-order valence-electron chi connectivity index (χ1n) is 7.58. The minimum Gasteiger partial charge on any atom is -0.385 e. The molecule has 0 unspecified atom stereocenters. The molecule has 0 fully saturated rings. The number of hydrogen-bond acceptors (Lipinski definition) is 4. The van der Waals surface area contributed by atoms with E-state index >= 15 is 0 Å². The standard InChI is InChI=1S/C17H19FN2O4S/c1-24-12-4-11-19-17(21)13-7-9-14(10-8-13)25(22,23)20-16-6-3-2-5-15(16)18/h2-3,5-10,20H,4,11-12H2,1H3,(H,19,21). The number of anilines is 1. The molecule has 1 amide bonds. The number of rotatable bonds is 8. The van der Waals surface area contributed by atoms with Crippen LogP contribution in [0, 0.1) is 5.82 Å². The molecule has 0 radical (unpaired) electrons. The van der Waals surface area contributed by atoms with Crippen molar-refractivity contribution < 1.29 is 22.3 Å². The lowest BCUT2D eigenvalue weighted by atomic mass is 10.2. The van der Waals surface area contributed by atoms with Crippen molar-refractivity contribution in [2.45, 2.75) is 11.3 Å². The van der Waals surface area contributed by atoms with E-state index in [1.54, 1.807) is 7.11 Å². The zero-order valence-corrected chi connectivity index (χ0v) is 14.5. The summed E-state index contributed by atoms with van der Waals surface area (Å²) < 4.78 is 45.2. The number of methoxy groups -OCH3 is 1. The minimum absolute atomic E-state index is 0.0633. The van der Waals surface area contributed by atoms with Crippen LogP contribution in [0.25, 0.3) is 0 Å². The molecule has 0 atom stereocenters. The Kier molecular flexibility index (Phi) is 6.49. The number of sulfonamides is 1. The molecule has 2 aromatic rings. The van der Waals surface area contributed by atoms with Gasteiger partial charge in [0.1, 0.15) is 5.82 Å². The maximum Gasteiger partial charge on any atom is 0.261 e. The lowest BCUT2D eigenvalue weighted by Crippen LogP contribution is -2.25. The van der Waals surface area contributed by atoms with Crippen LogP contribution < -0.4 is 10.0 Å². The molecule has 6 nitrogen and oxygen atoms in total. The Balaban J connectivity index is 2.05. The zero-order chi connectivity index (χ0) is 18.3. The fourth-order valence-corrected chi connectivity index (χ4v) is 3.12. The van der Waals surface area contributed by atoms with Crippen molar-refractivity contribution in [1.82, 2.24) is 5.32 Å². The van der Waals surface area contributed by atoms with Crippen molar-refractivity contribution in [3.63, 3.8) is 0 Å². The highest BCUT2D eigenvalue weighted by Gasteiger charge is 2.16. The maximum absolute atomic E-state index is 13.6. The number of carbonyl (C=O) groups excluding carboxylic acids is 1. The zero-order valence-electron chi connectivity index (χ0n) is 13.7. The number of nitrogens with one attached hydrogen (secondary N) is 2. The van der Waals surface area contributed by atoms with Gasteiger partial charge in [-0.25, -0.2) is 12.8 Å². The lowest BCUT2D eigenvalue weighted by molar-refractivity contribution is 0.0948. The van der Waals surface area contributed by atoms with E-state index in [4.69, 9.17) is 4.74 Å². The number of ether oxygens (including phenoxy) is 1. The summed E-state index contributed by atoms with van der Waals surface area (Å²) in [5.41, 5.74) is 0.199. The van der Waals surface area contributed by atoms with Gasteiger partial charge < -0.3 is 10.1 Å². The average Bonchev–Trinajstić information content (AvgIpc) is 2.60. The number of halogens is 1. The van der Waals surface area contributed by atoms with Crippen LogP contribution in [-0.2, 0) is 14.8 Å². The summed E-state index contributed by atoms with van der Waals surface area (Å²) in [7, 11) is -2.36. The highest BCUT2D eigenvalue weighted by molar-refractivity contribution is 7.92. The number of para-hydroxylation sites is 1. The number of carbonyl (C=O) groups is 1. The van der Waals surface area contributed by atoms with Gasteiger partial charge in [0, 0.05) is 25.8 Å². The first-order chi connectivity index (χ1) is 11.9. The molecular formula is C17H19FN2O4S. The first-order valence-corrected chi connectivity index (χ1v) is 9.07. The summed E-state index contributed by atoms with van der Waals surface area (Å²) in [6.45, 7) is 1.00. The molecule has 25 heavy (non-hydrogen) atoms. The third-order valence-electron chi connectivity index (χ3n) is 3.36. The van der Waals surface area contributed by atoms with Crippen LogP contribution in [-0.4, -0.2) is 34.6 Å². The topological polar surface area (TPSA) is 84.5 Å². The Hall–Kier alpha value is -2.45. The molecule has 0 aliphatic rings. The molecule has 2 N–H and O–H groups in total. The number of benzene rings is 2. The Bertz CT molecular complexity index is 823. The van der Waals surface area contributed by atoms with Crippen molar-refractivity contribution in [2.75, 3.05) is 25.0 Å². The SMILES string of the molecule is COCCCNC(=O)c1ccc(S(=O)(=O)Nc2ccccc2F)cc1. The van der Waals surface area contributed by atoms with E-state index < -0.39 is 15.8 Å². The summed E-state index contributed by atoms with van der Waals surface area (Å²) >= 11 is 0. The number of amides is 1. The van der Waals surface area contributed by atoms with Gasteiger partial charge in [0.2, 0.25) is 0 Å². The monoisotopic (exact) mass is 366 g/mol. The van der Waals surface area contributed by atoms with Crippen molar-refractivity contribution in [2.24, 2.45) is 0 Å². The molecule has 0 saturated heterocycles. The van der Waals surface area contributed by atoms with Gasteiger partial charge in [-0.3, -0.25) is 9.52 Å². The lowest BCUT2D eigenvalue weighted by Gasteiger charge is -2.10. The molecule has 0 aliphatic carbocycles. The van der Waals surface area contributed by atoms with Crippen LogP contribution in [0.5, 0.6) is 0 Å². The predicted octanol–water partition coefficient (Wildman–Crippen LogP) is 2.39. The molecule has 0 saturated carbocycles. The fraction of sp³-hybridized carbons (Fsp3) is 0.235. The second-order valence-electron chi connectivity index (χ2n) is 5.21. The highest BCUT2D eigenvalue weighted by Crippen LogP contribution is 2.19. The van der Waals surface area contributed by atoms with Crippen molar-refractivity contribution in [1.29, 1.82) is 0 Å². The second-order valence-corrected chi connectivity index (χ2v) is 6.89. The number of hydrogen-bond donors (Lipinski definition) is 2. The van der Waals surface area contributed by atoms with Crippen LogP contribution in [0.4, 0.5) is 10.1 Å². The molecule has 0 spiro atoms. The van der Waals surface area contributed by atoms with Crippen LogP contribution in [0.15, 0.2) is 53.4 Å². The first kappa shape index (κ1) is 18.9. The molecule has 134 valence electrons. The van der Waals surface area contributed by atoms with Crippen LogP contribution in [0.1, 0.15) is 16.8 Å². The molecule has 0 bridgehead atoms. The Morgan fingerprint density at radius 1 is 1.12 bits per heavy atom. The van der Waals surface area contributed by atoms with E-state index in [1.165, 1.54) is 42.5 Å². The van der Waals surface area contributed by atoms with Crippen molar-refractivity contribution >= 4 is 21.6 Å². The van der Waals surface area contributed by atoms with Gasteiger partial charge >= 0.3 is 0 Å². The summed E-state index contributed by atoms with van der Waals surface area (Å²) in [6.07, 6.45) is 0.682. The van der Waals surface area contributed by atoms with E-state index in [1.807, 2.05) is 0 Å². The van der Waals surface area contributed by atoms with Gasteiger partial charge in [0.25, 0.3) is 15.9 Å². The van der Waals surface area contributed by atoms with Gasteiger partial charge in [-0.1, -0.05) is 12.1 Å². The van der Waals surface area contributed by atoms with Gasteiger partial charge in [-0.2, -0.15) is 0 Å². The molecule has 2 aromatic carbocycles. The summed E-state index contributed by atoms with van der Waals surface area (Å²) in [5, 5.41) is 2.71. The van der Waals surface area contributed by atoms with Gasteiger partial charge in [0.15, 0.2) is 0 Å². The molecule has 0 heterocycles. The van der Waals surface area contributed by atoms with E-state index in [0.29, 0.717) is 25.1 Å². The largest absolute Gasteiger partial charge is 0.385 e.